The lowest BCUT2D eigenvalue weighted by Crippen LogP contribution is -2.10. The van der Waals surface area contributed by atoms with Gasteiger partial charge in [-0.25, -0.2) is 4.98 Å². The lowest BCUT2D eigenvalue weighted by Gasteiger charge is -2.18. The van der Waals surface area contributed by atoms with Crippen LogP contribution in [-0.2, 0) is 10.2 Å². The fourth-order valence-electron chi connectivity index (χ4n) is 2.39. The number of benzene rings is 2. The highest BCUT2D eigenvalue weighted by atomic mass is 16.3. The number of amides is 1. The summed E-state index contributed by atoms with van der Waals surface area (Å²) in [5, 5.41) is 2.82. The number of carbonyl (C=O) groups is 1. The minimum atomic E-state index is -0.183. The molecule has 0 spiro atoms. The molecule has 0 aliphatic carbocycles. The summed E-state index contributed by atoms with van der Waals surface area (Å²) in [5.41, 5.74) is 4.49. The molecule has 0 unspecified atom stereocenters. The molecule has 0 radical (unpaired) electrons. The van der Waals surface area contributed by atoms with E-state index in [0.717, 1.165) is 11.1 Å². The van der Waals surface area contributed by atoms with Crippen LogP contribution in [0.4, 0.5) is 5.69 Å². The van der Waals surface area contributed by atoms with E-state index in [0.29, 0.717) is 11.3 Å². The number of oxazole rings is 1. The first-order valence-electron chi connectivity index (χ1n) is 7.85. The molecular formula is C20H20N2O2. The van der Waals surface area contributed by atoms with Gasteiger partial charge < -0.3 is 9.73 Å². The molecule has 1 N–H and O–H groups in total. The molecule has 3 rings (SSSR count). The van der Waals surface area contributed by atoms with Crippen LogP contribution in [0.2, 0.25) is 0 Å². The van der Waals surface area contributed by atoms with Crippen molar-refractivity contribution in [2.24, 2.45) is 0 Å². The second kappa shape index (κ2) is 6.32. The van der Waals surface area contributed by atoms with Gasteiger partial charge in [0.25, 0.3) is 0 Å². The number of nitrogens with zero attached hydrogens (tertiary/aromatic N) is 1. The van der Waals surface area contributed by atoms with Crippen LogP contribution in [0, 0.1) is 0 Å². The van der Waals surface area contributed by atoms with Crippen molar-refractivity contribution in [2.45, 2.75) is 26.2 Å². The van der Waals surface area contributed by atoms with Crippen LogP contribution in [0.1, 0.15) is 31.9 Å². The molecule has 0 aliphatic heterocycles. The smallest absolute Gasteiger partial charge is 0.248 e. The Hall–Kier alpha value is -2.88. The Kier molecular flexibility index (Phi) is 4.21. The maximum absolute atomic E-state index is 12.0. The summed E-state index contributed by atoms with van der Waals surface area (Å²) in [6.45, 7) is 6.53. The Labute approximate surface area is 141 Å². The van der Waals surface area contributed by atoms with Gasteiger partial charge in [0.05, 0.1) is 0 Å². The third kappa shape index (κ3) is 3.71. The number of nitrogens with one attached hydrogen (secondary N) is 1. The van der Waals surface area contributed by atoms with E-state index in [-0.39, 0.29) is 11.3 Å². The van der Waals surface area contributed by atoms with E-state index in [1.807, 2.05) is 12.1 Å². The van der Waals surface area contributed by atoms with E-state index in [9.17, 15) is 4.79 Å². The molecule has 3 aromatic rings. The summed E-state index contributed by atoms with van der Waals surface area (Å²) in [7, 11) is 0. The number of aromatic nitrogens is 1. The first-order valence-corrected chi connectivity index (χ1v) is 7.85. The summed E-state index contributed by atoms with van der Waals surface area (Å²) in [6.07, 6.45) is 4.72. The average Bonchev–Trinajstić information content (AvgIpc) is 3.00. The summed E-state index contributed by atoms with van der Waals surface area (Å²) < 4.78 is 5.18. The minimum absolute atomic E-state index is 0.124. The van der Waals surface area contributed by atoms with Gasteiger partial charge in [-0.1, -0.05) is 45.0 Å². The minimum Gasteiger partial charge on any atom is -0.443 e. The van der Waals surface area contributed by atoms with E-state index in [1.165, 1.54) is 18.0 Å². The molecule has 0 saturated carbocycles. The Morgan fingerprint density at radius 1 is 1.12 bits per heavy atom. The fourth-order valence-corrected chi connectivity index (χ4v) is 2.39. The maximum Gasteiger partial charge on any atom is 0.248 e. The lowest BCUT2D eigenvalue weighted by molar-refractivity contribution is -0.111. The summed E-state index contributed by atoms with van der Waals surface area (Å²) >= 11 is 0. The summed E-state index contributed by atoms with van der Waals surface area (Å²) in [4.78, 5) is 16.1. The maximum atomic E-state index is 12.0. The standard InChI is InChI=1S/C20H20N2O2/c1-20(2,3)15-7-4-14(5-8-15)6-11-19(23)22-16-9-10-18-17(12-16)21-13-24-18/h4-13H,1-3H3,(H,22,23). The first kappa shape index (κ1) is 16.0. The normalized spacial score (nSPS) is 12.0. The average molecular weight is 320 g/mol. The van der Waals surface area contributed by atoms with Crippen molar-refractivity contribution >= 4 is 28.8 Å². The molecule has 1 amide bonds. The zero-order valence-electron chi connectivity index (χ0n) is 14.0. The van der Waals surface area contributed by atoms with Crippen LogP contribution >= 0.6 is 0 Å². The van der Waals surface area contributed by atoms with Crippen LogP contribution in [-0.4, -0.2) is 10.9 Å². The van der Waals surface area contributed by atoms with Gasteiger partial charge in [-0.3, -0.25) is 4.79 Å². The number of hydrogen-bond acceptors (Lipinski definition) is 3. The molecule has 4 heteroatoms. The van der Waals surface area contributed by atoms with Gasteiger partial charge in [-0.2, -0.15) is 0 Å². The van der Waals surface area contributed by atoms with Crippen LogP contribution in [0.3, 0.4) is 0 Å². The predicted octanol–water partition coefficient (Wildman–Crippen LogP) is 4.78. The monoisotopic (exact) mass is 320 g/mol. The largest absolute Gasteiger partial charge is 0.443 e. The van der Waals surface area contributed by atoms with Gasteiger partial charge in [-0.15, -0.1) is 0 Å². The predicted molar refractivity (Wildman–Crippen MR) is 96.8 cm³/mol. The molecule has 4 nitrogen and oxygen atoms in total. The van der Waals surface area contributed by atoms with E-state index in [1.54, 1.807) is 24.3 Å². The number of fused-ring (bicyclic) bond motifs is 1. The van der Waals surface area contributed by atoms with E-state index in [4.69, 9.17) is 4.42 Å². The first-order chi connectivity index (χ1) is 11.4. The molecule has 0 saturated heterocycles. The number of carbonyl (C=O) groups excluding carboxylic acids is 1. The quantitative estimate of drug-likeness (QED) is 0.707. The third-order valence-corrected chi connectivity index (χ3v) is 3.80. The zero-order valence-corrected chi connectivity index (χ0v) is 14.0. The van der Waals surface area contributed by atoms with Gasteiger partial charge in [0.15, 0.2) is 12.0 Å². The van der Waals surface area contributed by atoms with Crippen LogP contribution in [0.5, 0.6) is 0 Å². The molecule has 0 aliphatic rings. The van der Waals surface area contributed by atoms with Gasteiger partial charge in [-0.05, 0) is 40.8 Å². The molecule has 0 fully saturated rings. The van der Waals surface area contributed by atoms with Crippen molar-refractivity contribution in [3.05, 3.63) is 66.1 Å². The van der Waals surface area contributed by atoms with Crippen LogP contribution in [0.25, 0.3) is 17.2 Å². The zero-order chi connectivity index (χ0) is 17.2. The Bertz CT molecular complexity index is 884. The molecule has 2 aromatic carbocycles. The molecule has 1 aromatic heterocycles. The van der Waals surface area contributed by atoms with Crippen molar-refractivity contribution in [3.8, 4) is 0 Å². The van der Waals surface area contributed by atoms with Crippen molar-refractivity contribution < 1.29 is 9.21 Å². The van der Waals surface area contributed by atoms with E-state index < -0.39 is 0 Å². The number of anilines is 1. The lowest BCUT2D eigenvalue weighted by atomic mass is 9.87. The number of rotatable bonds is 3. The highest BCUT2D eigenvalue weighted by Gasteiger charge is 2.12. The Morgan fingerprint density at radius 2 is 1.88 bits per heavy atom. The SMILES string of the molecule is CC(C)(C)c1ccc(C=CC(=O)Nc2ccc3ocnc3c2)cc1. The highest BCUT2D eigenvalue weighted by Crippen LogP contribution is 2.22. The molecule has 0 bridgehead atoms. The molecule has 122 valence electrons. The van der Waals surface area contributed by atoms with Gasteiger partial charge in [0.1, 0.15) is 5.52 Å². The highest BCUT2D eigenvalue weighted by molar-refractivity contribution is 6.02. The number of hydrogen-bond donors (Lipinski definition) is 1. The molecular weight excluding hydrogens is 300 g/mol. The summed E-state index contributed by atoms with van der Waals surface area (Å²) in [6, 6.07) is 13.6. The summed E-state index contributed by atoms with van der Waals surface area (Å²) in [5.74, 6) is -0.183. The Morgan fingerprint density at radius 3 is 2.58 bits per heavy atom. The topological polar surface area (TPSA) is 55.1 Å². The van der Waals surface area contributed by atoms with Crippen LogP contribution < -0.4 is 5.32 Å². The van der Waals surface area contributed by atoms with Gasteiger partial charge in [0.2, 0.25) is 5.91 Å². The van der Waals surface area contributed by atoms with Crippen molar-refractivity contribution in [1.29, 1.82) is 0 Å². The van der Waals surface area contributed by atoms with Crippen molar-refractivity contribution in [2.75, 3.05) is 5.32 Å². The third-order valence-electron chi connectivity index (χ3n) is 3.80. The van der Waals surface area contributed by atoms with Crippen LogP contribution in [0.15, 0.2) is 59.4 Å². The second-order valence-corrected chi connectivity index (χ2v) is 6.73. The van der Waals surface area contributed by atoms with Crippen molar-refractivity contribution in [1.82, 2.24) is 4.98 Å². The van der Waals surface area contributed by atoms with E-state index >= 15 is 0 Å². The van der Waals surface area contributed by atoms with Crippen molar-refractivity contribution in [3.63, 3.8) is 0 Å². The Balaban J connectivity index is 1.66. The molecule has 0 atom stereocenters. The van der Waals surface area contributed by atoms with E-state index in [2.05, 4.69) is 43.2 Å². The molecule has 24 heavy (non-hydrogen) atoms. The second-order valence-electron chi connectivity index (χ2n) is 6.73. The van der Waals surface area contributed by atoms with Gasteiger partial charge >= 0.3 is 0 Å². The molecule has 1 heterocycles. The van der Waals surface area contributed by atoms with Gasteiger partial charge in [0, 0.05) is 11.8 Å². The fraction of sp³-hybridized carbons (Fsp3) is 0.200.